The van der Waals surface area contributed by atoms with E-state index in [1.54, 1.807) is 59.5 Å². The molecular weight excluding hydrogens is 366 g/mol. The number of aromatic nitrogens is 4. The predicted octanol–water partition coefficient (Wildman–Crippen LogP) is 1.35. The van der Waals surface area contributed by atoms with E-state index in [0.717, 1.165) is 0 Å². The van der Waals surface area contributed by atoms with Crippen molar-refractivity contribution >= 4 is 15.7 Å². The van der Waals surface area contributed by atoms with E-state index in [1.807, 2.05) is 0 Å². The molecule has 1 saturated heterocycles. The number of hydrogen-bond donors (Lipinski definition) is 0. The summed E-state index contributed by atoms with van der Waals surface area (Å²) in [5.74, 6) is -0.198. The summed E-state index contributed by atoms with van der Waals surface area (Å²) >= 11 is 0. The second kappa shape index (κ2) is 6.92. The number of nitrogens with zero attached hydrogens (tertiary/aromatic N) is 5. The number of hydrogen-bond acceptors (Lipinski definition) is 6. The molecule has 1 unspecified atom stereocenters. The third-order valence-electron chi connectivity index (χ3n) is 4.65. The van der Waals surface area contributed by atoms with Crippen LogP contribution in [0.5, 0.6) is 0 Å². The number of benzene rings is 2. The van der Waals surface area contributed by atoms with E-state index >= 15 is 0 Å². The Morgan fingerprint density at radius 3 is 2.63 bits per heavy atom. The van der Waals surface area contributed by atoms with Gasteiger partial charge in [-0.1, -0.05) is 24.3 Å². The van der Waals surface area contributed by atoms with Gasteiger partial charge in [0, 0.05) is 18.7 Å². The first-order chi connectivity index (χ1) is 13.1. The largest absolute Gasteiger partial charge is 0.337 e. The molecule has 1 fully saturated rings. The quantitative estimate of drug-likeness (QED) is 0.674. The van der Waals surface area contributed by atoms with Gasteiger partial charge in [-0.2, -0.15) is 0 Å². The Morgan fingerprint density at radius 1 is 1.07 bits per heavy atom. The molecule has 3 aromatic rings. The van der Waals surface area contributed by atoms with E-state index in [0.29, 0.717) is 29.1 Å². The first-order valence-corrected chi connectivity index (χ1v) is 10.0. The highest BCUT2D eigenvalue weighted by Gasteiger charge is 2.36. The molecular formula is C18H17N5O3S. The van der Waals surface area contributed by atoms with Crippen molar-refractivity contribution in [2.45, 2.75) is 16.6 Å². The Hall–Kier alpha value is -3.07. The molecule has 1 atom stereocenters. The van der Waals surface area contributed by atoms with Gasteiger partial charge in [0.15, 0.2) is 9.84 Å². The first kappa shape index (κ1) is 17.3. The normalized spacial score (nSPS) is 17.2. The Kier molecular flexibility index (Phi) is 4.44. The molecule has 4 rings (SSSR count). The van der Waals surface area contributed by atoms with Crippen LogP contribution in [-0.4, -0.2) is 57.8 Å². The summed E-state index contributed by atoms with van der Waals surface area (Å²) in [6.45, 7) is 0.593. The number of carbonyl (C=O) groups excluding carboxylic acids is 1. The van der Waals surface area contributed by atoms with Gasteiger partial charge >= 0.3 is 0 Å². The summed E-state index contributed by atoms with van der Waals surface area (Å²) < 4.78 is 27.0. The zero-order valence-electron chi connectivity index (χ0n) is 14.3. The lowest BCUT2D eigenvalue weighted by Gasteiger charge is -2.17. The van der Waals surface area contributed by atoms with Gasteiger partial charge in [0.2, 0.25) is 0 Å². The standard InChI is InChI=1S/C18H17N5O3S/c24-18(14-5-4-6-15(11-14)23-13-19-20-21-23)22-10-9-17(12-22)27(25,26)16-7-2-1-3-8-16/h1-8,11,13,17H,9-10,12H2. The van der Waals surface area contributed by atoms with Crippen molar-refractivity contribution in [3.63, 3.8) is 0 Å². The number of likely N-dealkylation sites (tertiary alicyclic amines) is 1. The summed E-state index contributed by atoms with van der Waals surface area (Å²) in [6.07, 6.45) is 1.87. The lowest BCUT2D eigenvalue weighted by Crippen LogP contribution is -2.32. The van der Waals surface area contributed by atoms with E-state index < -0.39 is 15.1 Å². The molecule has 27 heavy (non-hydrogen) atoms. The Morgan fingerprint density at radius 2 is 1.89 bits per heavy atom. The molecule has 0 spiro atoms. The molecule has 0 N–H and O–H groups in total. The van der Waals surface area contributed by atoms with Gasteiger partial charge < -0.3 is 4.90 Å². The maximum absolute atomic E-state index is 12.8. The summed E-state index contributed by atoms with van der Waals surface area (Å²) in [4.78, 5) is 14.7. The minimum absolute atomic E-state index is 0.186. The average Bonchev–Trinajstić information content (AvgIpc) is 3.40. The van der Waals surface area contributed by atoms with E-state index in [9.17, 15) is 13.2 Å². The smallest absolute Gasteiger partial charge is 0.253 e. The maximum Gasteiger partial charge on any atom is 0.253 e. The van der Waals surface area contributed by atoms with Gasteiger partial charge in [-0.15, -0.1) is 5.10 Å². The Bertz CT molecular complexity index is 1050. The minimum atomic E-state index is -3.46. The fourth-order valence-corrected chi connectivity index (χ4v) is 4.93. The number of sulfone groups is 1. The Balaban J connectivity index is 1.53. The van der Waals surface area contributed by atoms with Crippen LogP contribution < -0.4 is 0 Å². The molecule has 0 aliphatic carbocycles. The van der Waals surface area contributed by atoms with E-state index in [1.165, 1.54) is 11.0 Å². The topological polar surface area (TPSA) is 98.1 Å². The van der Waals surface area contributed by atoms with E-state index in [4.69, 9.17) is 0 Å². The van der Waals surface area contributed by atoms with Gasteiger partial charge in [-0.05, 0) is 47.2 Å². The predicted molar refractivity (Wildman–Crippen MR) is 97.1 cm³/mol. The summed E-state index contributed by atoms with van der Waals surface area (Å²) in [7, 11) is -3.46. The number of amides is 1. The van der Waals surface area contributed by atoms with Crippen LogP contribution in [-0.2, 0) is 9.84 Å². The van der Waals surface area contributed by atoms with Gasteiger partial charge in [0.25, 0.3) is 5.91 Å². The van der Waals surface area contributed by atoms with Crippen molar-refractivity contribution in [3.8, 4) is 5.69 Å². The summed E-state index contributed by atoms with van der Waals surface area (Å²) in [5.41, 5.74) is 1.14. The Labute approximate surface area is 156 Å². The van der Waals surface area contributed by atoms with E-state index in [2.05, 4.69) is 15.5 Å². The molecule has 2 aromatic carbocycles. The number of carbonyl (C=O) groups is 1. The molecule has 1 aliphatic rings. The highest BCUT2D eigenvalue weighted by atomic mass is 32.2. The first-order valence-electron chi connectivity index (χ1n) is 8.47. The van der Waals surface area contributed by atoms with Crippen LogP contribution in [0.3, 0.4) is 0 Å². The van der Waals surface area contributed by atoms with Gasteiger partial charge in [-0.25, -0.2) is 13.1 Å². The van der Waals surface area contributed by atoms with Crippen LogP contribution >= 0.6 is 0 Å². The maximum atomic E-state index is 12.8. The van der Waals surface area contributed by atoms with Crippen LogP contribution in [0.2, 0.25) is 0 Å². The lowest BCUT2D eigenvalue weighted by molar-refractivity contribution is 0.0793. The fraction of sp³-hybridized carbons (Fsp3) is 0.222. The number of rotatable bonds is 4. The van der Waals surface area contributed by atoms with Crippen molar-refractivity contribution in [2.75, 3.05) is 13.1 Å². The third-order valence-corrected chi connectivity index (χ3v) is 6.84. The molecule has 1 aromatic heterocycles. The monoisotopic (exact) mass is 383 g/mol. The fourth-order valence-electron chi connectivity index (χ4n) is 3.21. The second-order valence-corrected chi connectivity index (χ2v) is 8.55. The third kappa shape index (κ3) is 3.33. The summed E-state index contributed by atoms with van der Waals surface area (Å²) in [5, 5.41) is 10.4. The van der Waals surface area contributed by atoms with Gasteiger partial charge in [0.05, 0.1) is 15.8 Å². The zero-order chi connectivity index (χ0) is 18.9. The van der Waals surface area contributed by atoms with E-state index in [-0.39, 0.29) is 12.5 Å². The zero-order valence-corrected chi connectivity index (χ0v) is 15.2. The van der Waals surface area contributed by atoms with Crippen molar-refractivity contribution in [2.24, 2.45) is 0 Å². The molecule has 1 aliphatic heterocycles. The van der Waals surface area contributed by atoms with Crippen molar-refractivity contribution < 1.29 is 13.2 Å². The number of tetrazole rings is 1. The molecule has 9 heteroatoms. The van der Waals surface area contributed by atoms with Crippen molar-refractivity contribution in [1.29, 1.82) is 0 Å². The van der Waals surface area contributed by atoms with Crippen molar-refractivity contribution in [3.05, 3.63) is 66.5 Å². The molecule has 0 radical (unpaired) electrons. The lowest BCUT2D eigenvalue weighted by atomic mass is 10.2. The highest BCUT2D eigenvalue weighted by molar-refractivity contribution is 7.92. The molecule has 2 heterocycles. The van der Waals surface area contributed by atoms with Crippen LogP contribution in [0.4, 0.5) is 0 Å². The molecule has 8 nitrogen and oxygen atoms in total. The van der Waals surface area contributed by atoms with Crippen LogP contribution in [0.15, 0.2) is 65.8 Å². The van der Waals surface area contributed by atoms with Crippen molar-refractivity contribution in [1.82, 2.24) is 25.1 Å². The highest BCUT2D eigenvalue weighted by Crippen LogP contribution is 2.25. The molecule has 0 bridgehead atoms. The van der Waals surface area contributed by atoms with Gasteiger partial charge in [-0.3, -0.25) is 4.79 Å². The molecule has 138 valence electrons. The van der Waals surface area contributed by atoms with Crippen LogP contribution in [0.1, 0.15) is 16.8 Å². The van der Waals surface area contributed by atoms with Crippen LogP contribution in [0.25, 0.3) is 5.69 Å². The second-order valence-electron chi connectivity index (χ2n) is 6.32. The van der Waals surface area contributed by atoms with Gasteiger partial charge in [0.1, 0.15) is 6.33 Å². The molecule has 1 amide bonds. The molecule has 0 saturated carbocycles. The summed E-state index contributed by atoms with van der Waals surface area (Å²) in [6, 6.07) is 15.3. The SMILES string of the molecule is O=C(c1cccc(-n2cnnn2)c1)N1CCC(S(=O)(=O)c2ccccc2)C1. The average molecular weight is 383 g/mol. The van der Waals surface area contributed by atoms with Crippen LogP contribution in [0, 0.1) is 0 Å². The minimum Gasteiger partial charge on any atom is -0.337 e.